The van der Waals surface area contributed by atoms with Crippen LogP contribution in [-0.4, -0.2) is 90.6 Å². The van der Waals surface area contributed by atoms with Gasteiger partial charge in [0.15, 0.2) is 5.82 Å². The Morgan fingerprint density at radius 1 is 0.647 bits per heavy atom. The Morgan fingerprint density at radius 2 is 1.15 bits per heavy atom. The molecule has 8 rings (SSSR count). The highest BCUT2D eigenvalue weighted by Gasteiger charge is 2.32. The van der Waals surface area contributed by atoms with E-state index >= 15 is 8.78 Å². The van der Waals surface area contributed by atoms with Crippen LogP contribution < -0.4 is 32.2 Å². The number of hydrogen-bond acceptors (Lipinski definition) is 11. The molecule has 0 bridgehead atoms. The first-order valence-electron chi connectivity index (χ1n) is 21.8. The number of urea groups is 1. The van der Waals surface area contributed by atoms with Crippen LogP contribution in [0.2, 0.25) is 0 Å². The van der Waals surface area contributed by atoms with Crippen molar-refractivity contribution >= 4 is 43.6 Å². The molecule has 3 amide bonds. The molecule has 2 saturated heterocycles. The number of halogens is 2. The summed E-state index contributed by atoms with van der Waals surface area (Å²) in [5.74, 6) is -1.77. The van der Waals surface area contributed by atoms with Crippen molar-refractivity contribution in [3.05, 3.63) is 132 Å². The van der Waals surface area contributed by atoms with E-state index in [2.05, 4.69) is 31.0 Å². The highest BCUT2D eigenvalue weighted by molar-refractivity contribution is 7.88. The number of rotatable bonds is 13. The number of piperidine rings is 2. The van der Waals surface area contributed by atoms with Crippen LogP contribution in [0.3, 0.4) is 0 Å². The summed E-state index contributed by atoms with van der Waals surface area (Å²) < 4.78 is 90.2. The van der Waals surface area contributed by atoms with E-state index in [-0.39, 0.29) is 78.1 Å². The molecule has 4 heterocycles. The van der Waals surface area contributed by atoms with Crippen molar-refractivity contribution in [3.63, 3.8) is 0 Å². The van der Waals surface area contributed by atoms with Gasteiger partial charge in [-0.2, -0.15) is 0 Å². The lowest BCUT2D eigenvalue weighted by atomic mass is 9.98. The number of amides is 3. The predicted octanol–water partition coefficient (Wildman–Crippen LogP) is 4.95. The van der Waals surface area contributed by atoms with Gasteiger partial charge in [-0.1, -0.05) is 65.3 Å². The van der Waals surface area contributed by atoms with Gasteiger partial charge in [0.2, 0.25) is 32.2 Å². The van der Waals surface area contributed by atoms with Crippen LogP contribution in [0.5, 0.6) is 0 Å². The van der Waals surface area contributed by atoms with E-state index in [0.717, 1.165) is 0 Å². The average molecular weight is 967 g/mol. The van der Waals surface area contributed by atoms with Gasteiger partial charge in [-0.15, -0.1) is 5.43 Å². The maximum atomic E-state index is 16.1. The molecule has 7 N–H and O–H groups in total. The van der Waals surface area contributed by atoms with Gasteiger partial charge in [0.25, 0.3) is 5.69 Å². The molecule has 2 aromatic heterocycles. The first kappa shape index (κ1) is 47.5. The Kier molecular flexibility index (Phi) is 14.1. The van der Waals surface area contributed by atoms with Crippen molar-refractivity contribution in [3.8, 4) is 44.8 Å². The minimum Gasteiger partial charge on any atom is -0.382 e. The van der Waals surface area contributed by atoms with Crippen LogP contribution in [0.4, 0.5) is 25.2 Å². The predicted molar refractivity (Wildman–Crippen MR) is 253 cm³/mol. The minimum atomic E-state index is -3.84. The zero-order chi connectivity index (χ0) is 48.2. The van der Waals surface area contributed by atoms with Gasteiger partial charge in [-0.25, -0.2) is 49.0 Å². The summed E-state index contributed by atoms with van der Waals surface area (Å²) in [6.45, 7) is 2.24. The lowest BCUT2D eigenvalue weighted by molar-refractivity contribution is -0.630. The number of nitrogens with two attached hydrogens (primary N) is 2. The maximum absolute atomic E-state index is 16.1. The number of nitrogen functional groups attached to an aromatic ring is 2. The topological polar surface area (TPSA) is 240 Å². The molecule has 0 spiro atoms. The summed E-state index contributed by atoms with van der Waals surface area (Å²) in [7, 11) is -7.58. The summed E-state index contributed by atoms with van der Waals surface area (Å²) in [6.07, 6.45) is 6.97. The number of hydrogen-bond donors (Lipinski definition) is 5. The van der Waals surface area contributed by atoms with Crippen LogP contribution in [0.25, 0.3) is 44.8 Å². The fourth-order valence-corrected chi connectivity index (χ4v) is 11.8. The third kappa shape index (κ3) is 11.1. The molecule has 17 nitrogen and oxygen atoms in total. The minimum absolute atomic E-state index is 0.0378. The molecule has 2 fully saturated rings. The summed E-state index contributed by atoms with van der Waals surface area (Å²) in [5.41, 5.74) is 18.1. The van der Waals surface area contributed by atoms with Crippen molar-refractivity contribution in [2.24, 2.45) is 0 Å². The number of benzene rings is 4. The number of carbonyl (C=O) groups excluding carboxylic acids is 2. The molecule has 354 valence electrons. The third-order valence-corrected chi connectivity index (χ3v) is 15.7. The van der Waals surface area contributed by atoms with Gasteiger partial charge in [-0.3, -0.25) is 9.78 Å². The van der Waals surface area contributed by atoms with E-state index in [1.54, 1.807) is 66.7 Å². The van der Waals surface area contributed by atoms with Gasteiger partial charge in [-0.05, 0) is 83.3 Å². The molecular formula is C47H50F2N11O6S2+. The Bertz CT molecular complexity index is 3080. The molecule has 0 saturated carbocycles. The maximum Gasteiger partial charge on any atom is 0.368 e. The Hall–Kier alpha value is -6.94. The molecule has 68 heavy (non-hydrogen) atoms. The molecule has 0 unspecified atom stereocenters. The number of nitrogens with zero attached hydrogens (tertiary/aromatic N) is 6. The fraction of sp³-hybridized carbons (Fsp3) is 0.277. The highest BCUT2D eigenvalue weighted by Crippen LogP contribution is 2.33. The molecule has 6 aromatic rings. The van der Waals surface area contributed by atoms with Crippen molar-refractivity contribution in [1.82, 2.24) is 34.2 Å². The SMILES string of the molecule is CC(=O)NC1CCN(S(=O)(=O)Cc2ccccc2-c2ccc(-c3cnc(N)c[n+]3NC(=O)NC3CCN(S(=O)(=O)Cc4ccccc4-c4ccc(-c5cnc(N)cn5)c(F)c4)CC3)c(F)c2)CC1. The Morgan fingerprint density at radius 3 is 1.65 bits per heavy atom. The first-order valence-corrected chi connectivity index (χ1v) is 25.1. The monoisotopic (exact) mass is 966 g/mol. The largest absolute Gasteiger partial charge is 0.382 e. The van der Waals surface area contributed by atoms with E-state index in [1.807, 2.05) is 0 Å². The zero-order valence-electron chi connectivity index (χ0n) is 37.0. The quantitative estimate of drug-likeness (QED) is 0.0971. The van der Waals surface area contributed by atoms with Gasteiger partial charge < -0.3 is 22.1 Å². The normalized spacial score (nSPS) is 15.5. The first-order chi connectivity index (χ1) is 32.5. The van der Waals surface area contributed by atoms with E-state index < -0.39 is 43.8 Å². The fourth-order valence-electron chi connectivity index (χ4n) is 8.58. The summed E-state index contributed by atoms with van der Waals surface area (Å²) in [6, 6.07) is 21.7. The molecule has 0 aliphatic carbocycles. The Labute approximate surface area is 392 Å². The van der Waals surface area contributed by atoms with E-state index in [1.165, 1.54) is 63.2 Å². The molecule has 0 atom stereocenters. The molecule has 4 aromatic carbocycles. The zero-order valence-corrected chi connectivity index (χ0v) is 38.6. The molecule has 2 aliphatic rings. The Balaban J connectivity index is 0.893. The van der Waals surface area contributed by atoms with Crippen LogP contribution >= 0.6 is 0 Å². The average Bonchev–Trinajstić information content (AvgIpc) is 3.30. The molecular weight excluding hydrogens is 917 g/mol. The summed E-state index contributed by atoms with van der Waals surface area (Å²) in [4.78, 5) is 37.1. The van der Waals surface area contributed by atoms with E-state index in [9.17, 15) is 26.4 Å². The summed E-state index contributed by atoms with van der Waals surface area (Å²) >= 11 is 0. The second kappa shape index (κ2) is 20.1. The third-order valence-electron chi connectivity index (χ3n) is 12.0. The van der Waals surface area contributed by atoms with Crippen molar-refractivity contribution in [2.75, 3.05) is 43.1 Å². The van der Waals surface area contributed by atoms with Crippen LogP contribution in [-0.2, 0) is 36.3 Å². The van der Waals surface area contributed by atoms with Crippen molar-refractivity contribution in [2.45, 2.75) is 56.2 Å². The second-order valence-corrected chi connectivity index (χ2v) is 20.7. The van der Waals surface area contributed by atoms with Crippen LogP contribution in [0, 0.1) is 11.6 Å². The molecule has 21 heteroatoms. The van der Waals surface area contributed by atoms with E-state index in [4.69, 9.17) is 11.5 Å². The van der Waals surface area contributed by atoms with Gasteiger partial charge in [0.05, 0.1) is 35.2 Å². The van der Waals surface area contributed by atoms with E-state index in [0.29, 0.717) is 64.8 Å². The van der Waals surface area contributed by atoms with Gasteiger partial charge in [0, 0.05) is 50.7 Å². The molecule has 0 radical (unpaired) electrons. The number of aromatic nitrogens is 4. The van der Waals surface area contributed by atoms with Crippen LogP contribution in [0.15, 0.2) is 110 Å². The number of anilines is 2. The van der Waals surface area contributed by atoms with Crippen molar-refractivity contribution < 1.29 is 39.9 Å². The molecule has 2 aliphatic heterocycles. The number of carbonyl (C=O) groups is 2. The standard InChI is InChI=1S/C47H49F2N11O6S2/c1-30(61)55-35-14-18-58(19-15-35)67(63,64)29-34-7-3-5-9-38(34)32-11-13-40(42(49)23-32)44-25-54-46(51)27-60(44)57-47(62)56-36-16-20-59(21-17-36)68(65,66)28-33-6-2-4-8-37(33)31-10-12-39(41(48)22-31)43-24-53-45(50)26-52-43/h2-13,22-27,35-36H,14-21,28-29H2,1H3,(H6-,50,51,53,54,55,56,57,61,62)/p+1. The second-order valence-electron chi connectivity index (χ2n) is 16.7. The lowest BCUT2D eigenvalue weighted by Gasteiger charge is -2.31. The highest BCUT2D eigenvalue weighted by atomic mass is 32.2. The van der Waals surface area contributed by atoms with Crippen molar-refractivity contribution in [1.29, 1.82) is 0 Å². The lowest BCUT2D eigenvalue weighted by Crippen LogP contribution is -2.56. The smallest absolute Gasteiger partial charge is 0.368 e. The van der Waals surface area contributed by atoms with Crippen LogP contribution in [0.1, 0.15) is 43.7 Å². The van der Waals surface area contributed by atoms with Gasteiger partial charge in [0.1, 0.15) is 23.6 Å². The van der Waals surface area contributed by atoms with Gasteiger partial charge >= 0.3 is 6.03 Å². The summed E-state index contributed by atoms with van der Waals surface area (Å²) in [5, 5.41) is 5.73. The number of sulfonamides is 2. The number of nitrogens with one attached hydrogen (secondary N) is 3.